The van der Waals surface area contributed by atoms with Gasteiger partial charge in [0.15, 0.2) is 6.04 Å². The highest BCUT2D eigenvalue weighted by Gasteiger charge is 2.35. The number of carbonyl (C=O) groups excluding carboxylic acids is 1. The summed E-state index contributed by atoms with van der Waals surface area (Å²) in [4.78, 5) is 11.9. The molecule has 2 aromatic carbocycles. The first-order valence-electron chi connectivity index (χ1n) is 8.78. The maximum absolute atomic E-state index is 12.7. The van der Waals surface area contributed by atoms with Gasteiger partial charge in [0.1, 0.15) is 0 Å². The van der Waals surface area contributed by atoms with Gasteiger partial charge in [0.2, 0.25) is 0 Å². The van der Waals surface area contributed by atoms with Gasteiger partial charge in [0.25, 0.3) is 10.0 Å². The summed E-state index contributed by atoms with van der Waals surface area (Å²) in [6, 6.07) is 16.9. The minimum absolute atomic E-state index is 0.123. The van der Waals surface area contributed by atoms with Crippen molar-refractivity contribution in [3.05, 3.63) is 60.2 Å². The molecule has 27 heavy (non-hydrogen) atoms. The number of hydrogen-bond donors (Lipinski definition) is 0. The zero-order valence-electron chi connectivity index (χ0n) is 15.1. The fraction of sp³-hybridized carbons (Fsp3) is 0.300. The van der Waals surface area contributed by atoms with E-state index in [4.69, 9.17) is 4.74 Å². The van der Waals surface area contributed by atoms with Crippen LogP contribution in [0.3, 0.4) is 0 Å². The van der Waals surface area contributed by atoms with Crippen LogP contribution in [-0.2, 0) is 26.0 Å². The Morgan fingerprint density at radius 3 is 2.44 bits per heavy atom. The Hall–Kier alpha value is -2.67. The van der Waals surface area contributed by atoms with E-state index >= 15 is 0 Å². The zero-order chi connectivity index (χ0) is 19.3. The van der Waals surface area contributed by atoms with E-state index in [9.17, 15) is 13.2 Å². The molecule has 0 radical (unpaired) electrons. The van der Waals surface area contributed by atoms with Crippen LogP contribution < -0.4 is 0 Å². The molecule has 7 heteroatoms. The third-order valence-corrected chi connectivity index (χ3v) is 6.14. The lowest BCUT2D eigenvalue weighted by molar-refractivity contribution is -0.145. The number of ether oxygens (including phenoxy) is 1. The number of rotatable bonds is 6. The molecule has 142 valence electrons. The van der Waals surface area contributed by atoms with Crippen LogP contribution in [0.25, 0.3) is 11.1 Å². The van der Waals surface area contributed by atoms with Gasteiger partial charge in [-0.05, 0) is 36.0 Å². The van der Waals surface area contributed by atoms with E-state index in [-0.39, 0.29) is 5.75 Å². The Bertz CT molecular complexity index is 909. The molecule has 1 aliphatic rings. The van der Waals surface area contributed by atoms with E-state index in [1.54, 1.807) is 0 Å². The molecule has 3 rings (SSSR count). The molecule has 0 aromatic heterocycles. The third-order valence-electron chi connectivity index (χ3n) is 4.50. The van der Waals surface area contributed by atoms with Crippen LogP contribution in [0.4, 0.5) is 0 Å². The molecule has 1 atom stereocenters. The summed E-state index contributed by atoms with van der Waals surface area (Å²) >= 11 is 0. The predicted molar refractivity (Wildman–Crippen MR) is 105 cm³/mol. The number of carbonyl (C=O) groups is 1. The van der Waals surface area contributed by atoms with Crippen molar-refractivity contribution in [3.63, 3.8) is 0 Å². The summed E-state index contributed by atoms with van der Waals surface area (Å²) in [7, 11) is -2.46. The van der Waals surface area contributed by atoms with Gasteiger partial charge in [-0.15, -0.1) is 0 Å². The molecule has 0 N–H and O–H groups in total. The summed E-state index contributed by atoms with van der Waals surface area (Å²) in [6.07, 6.45) is 2.79. The average Bonchev–Trinajstić information content (AvgIpc) is 2.73. The van der Waals surface area contributed by atoms with Gasteiger partial charge in [-0.2, -0.15) is 9.52 Å². The van der Waals surface area contributed by atoms with Crippen molar-refractivity contribution >= 4 is 22.2 Å². The van der Waals surface area contributed by atoms with Crippen LogP contribution in [-0.4, -0.2) is 43.9 Å². The SMILES string of the molecule is COC(=O)C1CCC=NN1S(=O)(=O)CCc1ccc(-c2ccccc2)cc1. The van der Waals surface area contributed by atoms with Crippen LogP contribution in [0, 0.1) is 0 Å². The van der Waals surface area contributed by atoms with Crippen molar-refractivity contribution in [2.24, 2.45) is 5.10 Å². The standard InChI is InChI=1S/C20H22N2O4S/c1-26-20(23)19-8-5-14-21-22(19)27(24,25)15-13-16-9-11-18(12-10-16)17-6-3-2-4-7-17/h2-4,6-7,9-12,14,19H,5,8,13,15H2,1H3. The van der Waals surface area contributed by atoms with Gasteiger partial charge in [-0.25, -0.2) is 13.2 Å². The van der Waals surface area contributed by atoms with E-state index < -0.39 is 22.0 Å². The number of sulfonamides is 1. The van der Waals surface area contributed by atoms with Gasteiger partial charge in [-0.3, -0.25) is 0 Å². The molecular weight excluding hydrogens is 364 g/mol. The second-order valence-corrected chi connectivity index (χ2v) is 8.26. The first kappa shape index (κ1) is 19.1. The molecule has 0 spiro atoms. The predicted octanol–water partition coefficient (Wildman–Crippen LogP) is 2.85. The molecule has 0 saturated carbocycles. The lowest BCUT2D eigenvalue weighted by Crippen LogP contribution is -2.45. The van der Waals surface area contributed by atoms with Crippen molar-refractivity contribution in [3.8, 4) is 11.1 Å². The first-order chi connectivity index (χ1) is 13.0. The van der Waals surface area contributed by atoms with Gasteiger partial charge in [0, 0.05) is 6.21 Å². The smallest absolute Gasteiger partial charge is 0.331 e. The van der Waals surface area contributed by atoms with Gasteiger partial charge in [0.05, 0.1) is 12.9 Å². The number of methoxy groups -OCH3 is 1. The highest BCUT2D eigenvalue weighted by atomic mass is 32.2. The summed E-state index contributed by atoms with van der Waals surface area (Å²) < 4.78 is 31.0. The van der Waals surface area contributed by atoms with E-state index in [2.05, 4.69) is 5.10 Å². The van der Waals surface area contributed by atoms with Gasteiger partial charge < -0.3 is 4.74 Å². The lowest BCUT2D eigenvalue weighted by Gasteiger charge is -2.28. The molecule has 0 amide bonds. The van der Waals surface area contributed by atoms with Crippen LogP contribution in [0.2, 0.25) is 0 Å². The Morgan fingerprint density at radius 2 is 1.78 bits per heavy atom. The van der Waals surface area contributed by atoms with Crippen molar-refractivity contribution in [2.45, 2.75) is 25.3 Å². The Kier molecular flexibility index (Phi) is 5.91. The molecule has 1 aliphatic heterocycles. The second-order valence-electron chi connectivity index (χ2n) is 6.32. The highest BCUT2D eigenvalue weighted by Crippen LogP contribution is 2.21. The minimum atomic E-state index is -3.71. The zero-order valence-corrected chi connectivity index (χ0v) is 15.9. The molecule has 6 nitrogen and oxygen atoms in total. The van der Waals surface area contributed by atoms with Gasteiger partial charge in [-0.1, -0.05) is 54.6 Å². The fourth-order valence-electron chi connectivity index (χ4n) is 3.01. The van der Waals surface area contributed by atoms with Crippen molar-refractivity contribution in [1.82, 2.24) is 4.41 Å². The van der Waals surface area contributed by atoms with Crippen LogP contribution in [0.5, 0.6) is 0 Å². The van der Waals surface area contributed by atoms with Crippen molar-refractivity contribution in [1.29, 1.82) is 0 Å². The molecule has 1 heterocycles. The summed E-state index contributed by atoms with van der Waals surface area (Å²) in [6.45, 7) is 0. The van der Waals surface area contributed by atoms with E-state index in [1.165, 1.54) is 13.3 Å². The Labute approximate surface area is 159 Å². The molecule has 0 bridgehead atoms. The Balaban J connectivity index is 1.69. The van der Waals surface area contributed by atoms with Crippen LogP contribution in [0.15, 0.2) is 59.7 Å². The quantitative estimate of drug-likeness (QED) is 0.716. The van der Waals surface area contributed by atoms with Gasteiger partial charge >= 0.3 is 5.97 Å². The molecule has 2 aromatic rings. The largest absolute Gasteiger partial charge is 0.467 e. The molecule has 0 fully saturated rings. The third kappa shape index (κ3) is 4.54. The summed E-state index contributed by atoms with van der Waals surface area (Å²) in [5.41, 5.74) is 3.10. The highest BCUT2D eigenvalue weighted by molar-refractivity contribution is 7.89. The monoisotopic (exact) mass is 386 g/mol. The number of esters is 1. The average molecular weight is 386 g/mol. The topological polar surface area (TPSA) is 76.0 Å². The van der Waals surface area contributed by atoms with Crippen molar-refractivity contribution in [2.75, 3.05) is 12.9 Å². The molecule has 0 aliphatic carbocycles. The van der Waals surface area contributed by atoms with E-state index in [0.29, 0.717) is 19.3 Å². The molecular formula is C20H22N2O4S. The number of hydrazone groups is 1. The second kappa shape index (κ2) is 8.35. The minimum Gasteiger partial charge on any atom is -0.467 e. The fourth-order valence-corrected chi connectivity index (χ4v) is 4.48. The summed E-state index contributed by atoms with van der Waals surface area (Å²) in [5.74, 6) is -0.703. The lowest BCUT2D eigenvalue weighted by atomic mass is 10.0. The van der Waals surface area contributed by atoms with Crippen LogP contribution >= 0.6 is 0 Å². The van der Waals surface area contributed by atoms with E-state index in [0.717, 1.165) is 21.1 Å². The first-order valence-corrected chi connectivity index (χ1v) is 10.4. The number of benzene rings is 2. The number of nitrogens with zero attached hydrogens (tertiary/aromatic N) is 2. The molecule has 1 unspecified atom stereocenters. The van der Waals surface area contributed by atoms with E-state index in [1.807, 2.05) is 54.6 Å². The van der Waals surface area contributed by atoms with Crippen LogP contribution in [0.1, 0.15) is 18.4 Å². The molecule has 0 saturated heterocycles. The van der Waals surface area contributed by atoms with Crippen molar-refractivity contribution < 1.29 is 17.9 Å². The maximum atomic E-state index is 12.7. The maximum Gasteiger partial charge on any atom is 0.331 e. The number of hydrogen-bond acceptors (Lipinski definition) is 5. The Morgan fingerprint density at radius 1 is 1.11 bits per heavy atom. The number of aryl methyl sites for hydroxylation is 1. The normalized spacial score (nSPS) is 16.9. The summed E-state index contributed by atoms with van der Waals surface area (Å²) in [5, 5.41) is 3.94.